The summed E-state index contributed by atoms with van der Waals surface area (Å²) in [7, 11) is 0. The molecule has 0 saturated carbocycles. The van der Waals surface area contributed by atoms with Crippen molar-refractivity contribution >= 4 is 92.1 Å². The summed E-state index contributed by atoms with van der Waals surface area (Å²) in [6.45, 7) is 0. The zero-order valence-corrected chi connectivity index (χ0v) is 30.6. The molecule has 11 aromatic rings. The average Bonchev–Trinajstić information content (AvgIpc) is 3.95. The number of fused-ring (bicyclic) bond motifs is 8. The molecular formula is C49H30N2OS2. The van der Waals surface area contributed by atoms with Crippen LogP contribution in [0.5, 0.6) is 0 Å². The number of nitrogens with zero attached hydrogens (tertiary/aromatic N) is 2. The average molecular weight is 727 g/mol. The number of rotatable bonds is 6. The van der Waals surface area contributed by atoms with Crippen LogP contribution in [-0.2, 0) is 0 Å². The Morgan fingerprint density at radius 2 is 1.06 bits per heavy atom. The van der Waals surface area contributed by atoms with Crippen molar-refractivity contribution in [3.05, 3.63) is 182 Å². The van der Waals surface area contributed by atoms with E-state index >= 15 is 0 Å². The van der Waals surface area contributed by atoms with Crippen LogP contribution < -0.4 is 4.90 Å². The van der Waals surface area contributed by atoms with E-state index in [-0.39, 0.29) is 0 Å². The Labute approximate surface area is 319 Å². The molecule has 5 heteroatoms. The Kier molecular flexibility index (Phi) is 7.22. The number of anilines is 3. The third-order valence-corrected chi connectivity index (χ3v) is 12.6. The molecule has 0 atom stereocenters. The minimum atomic E-state index is 0.845. The van der Waals surface area contributed by atoms with Gasteiger partial charge in [0.05, 0.1) is 15.6 Å². The number of thiophene rings is 1. The molecular weight excluding hydrogens is 697 g/mol. The predicted octanol–water partition coefficient (Wildman–Crippen LogP) is 15.0. The number of hydrogen-bond acceptors (Lipinski definition) is 5. The minimum Gasteiger partial charge on any atom is -0.456 e. The first kappa shape index (κ1) is 31.0. The molecule has 0 aliphatic rings. The lowest BCUT2D eigenvalue weighted by atomic mass is 10.0. The Balaban J connectivity index is 1.06. The number of aromatic nitrogens is 1. The summed E-state index contributed by atoms with van der Waals surface area (Å²) < 4.78 is 10.2. The second-order valence-corrected chi connectivity index (χ2v) is 15.6. The van der Waals surface area contributed by atoms with Crippen molar-refractivity contribution in [1.82, 2.24) is 4.98 Å². The van der Waals surface area contributed by atoms with E-state index in [0.29, 0.717) is 0 Å². The van der Waals surface area contributed by atoms with Gasteiger partial charge in [0, 0.05) is 48.2 Å². The van der Waals surface area contributed by atoms with Crippen molar-refractivity contribution in [1.29, 1.82) is 0 Å². The van der Waals surface area contributed by atoms with E-state index in [1.165, 1.54) is 42.4 Å². The van der Waals surface area contributed by atoms with Gasteiger partial charge in [-0.2, -0.15) is 0 Å². The standard InChI is InChI=1S/C49H30N2OS2/c1-3-10-31(11-4-1)32-18-22-35(23-19-32)51(36-24-20-33(21-25-36)38-15-9-16-40-39-14-7-8-17-44(39)53-48(38)40)37-26-27-42-41(30-37)46-43(52-42)28-29-45-47(46)50-49(54-45)34-12-5-2-6-13-34/h1-30H. The quantitative estimate of drug-likeness (QED) is 0.171. The van der Waals surface area contributed by atoms with Crippen molar-refractivity contribution in [3.8, 4) is 32.8 Å². The summed E-state index contributed by atoms with van der Waals surface area (Å²) in [4.78, 5) is 7.52. The first-order valence-electron chi connectivity index (χ1n) is 18.0. The van der Waals surface area contributed by atoms with Gasteiger partial charge >= 0.3 is 0 Å². The van der Waals surface area contributed by atoms with Crippen LogP contribution >= 0.6 is 22.7 Å². The lowest BCUT2D eigenvalue weighted by Crippen LogP contribution is -2.09. The van der Waals surface area contributed by atoms with Crippen LogP contribution in [0.2, 0.25) is 0 Å². The molecule has 3 heterocycles. The van der Waals surface area contributed by atoms with Gasteiger partial charge in [0.15, 0.2) is 0 Å². The molecule has 3 aromatic heterocycles. The van der Waals surface area contributed by atoms with Gasteiger partial charge in [-0.15, -0.1) is 22.7 Å². The highest BCUT2D eigenvalue weighted by molar-refractivity contribution is 7.26. The van der Waals surface area contributed by atoms with Crippen LogP contribution in [0, 0.1) is 0 Å². The highest BCUT2D eigenvalue weighted by Crippen LogP contribution is 2.44. The molecule has 0 radical (unpaired) electrons. The molecule has 0 amide bonds. The van der Waals surface area contributed by atoms with Crippen molar-refractivity contribution in [2.75, 3.05) is 4.90 Å². The molecule has 0 bridgehead atoms. The van der Waals surface area contributed by atoms with E-state index in [0.717, 1.165) is 59.8 Å². The van der Waals surface area contributed by atoms with Gasteiger partial charge in [-0.05, 0) is 82.9 Å². The predicted molar refractivity (Wildman–Crippen MR) is 231 cm³/mol. The molecule has 3 nitrogen and oxygen atoms in total. The first-order valence-corrected chi connectivity index (χ1v) is 19.7. The van der Waals surface area contributed by atoms with Crippen molar-refractivity contribution in [2.45, 2.75) is 0 Å². The molecule has 0 spiro atoms. The number of thiazole rings is 1. The molecule has 0 fully saturated rings. The molecule has 0 aliphatic heterocycles. The van der Waals surface area contributed by atoms with E-state index < -0.39 is 0 Å². The maximum Gasteiger partial charge on any atom is 0.137 e. The molecule has 0 saturated heterocycles. The topological polar surface area (TPSA) is 29.3 Å². The van der Waals surface area contributed by atoms with Gasteiger partial charge in [0.2, 0.25) is 0 Å². The maximum absolute atomic E-state index is 6.46. The van der Waals surface area contributed by atoms with E-state index in [2.05, 4.69) is 181 Å². The summed E-state index contributed by atoms with van der Waals surface area (Å²) in [6.07, 6.45) is 0. The van der Waals surface area contributed by atoms with Crippen molar-refractivity contribution in [3.63, 3.8) is 0 Å². The molecule has 0 aliphatic carbocycles. The Morgan fingerprint density at radius 1 is 0.426 bits per heavy atom. The van der Waals surface area contributed by atoms with E-state index in [1.807, 2.05) is 17.4 Å². The fourth-order valence-corrected chi connectivity index (χ4v) is 9.95. The summed E-state index contributed by atoms with van der Waals surface area (Å²) in [5.74, 6) is 0. The van der Waals surface area contributed by atoms with Crippen LogP contribution in [0.3, 0.4) is 0 Å². The maximum atomic E-state index is 6.46. The van der Waals surface area contributed by atoms with E-state index in [9.17, 15) is 0 Å². The van der Waals surface area contributed by atoms with Gasteiger partial charge < -0.3 is 9.32 Å². The second kappa shape index (κ2) is 12.6. The zero-order chi connectivity index (χ0) is 35.6. The van der Waals surface area contributed by atoms with Gasteiger partial charge in [-0.3, -0.25) is 0 Å². The summed E-state index contributed by atoms with van der Waals surface area (Å²) in [6, 6.07) is 64.9. The molecule has 254 valence electrons. The zero-order valence-electron chi connectivity index (χ0n) is 28.9. The smallest absolute Gasteiger partial charge is 0.137 e. The van der Waals surface area contributed by atoms with Crippen LogP contribution in [0.4, 0.5) is 17.1 Å². The molecule has 8 aromatic carbocycles. The highest BCUT2D eigenvalue weighted by atomic mass is 32.1. The Hall–Kier alpha value is -6.53. The second-order valence-electron chi connectivity index (χ2n) is 13.5. The van der Waals surface area contributed by atoms with Crippen molar-refractivity contribution in [2.24, 2.45) is 0 Å². The van der Waals surface area contributed by atoms with Crippen molar-refractivity contribution < 1.29 is 4.42 Å². The normalized spacial score (nSPS) is 11.7. The first-order chi connectivity index (χ1) is 26.7. The van der Waals surface area contributed by atoms with Crippen LogP contribution in [-0.4, -0.2) is 4.98 Å². The molecule has 54 heavy (non-hydrogen) atoms. The van der Waals surface area contributed by atoms with Gasteiger partial charge in [-0.25, -0.2) is 4.98 Å². The third-order valence-electron chi connectivity index (χ3n) is 10.3. The Bertz CT molecular complexity index is 3140. The fraction of sp³-hybridized carbons (Fsp3) is 0. The van der Waals surface area contributed by atoms with Gasteiger partial charge in [0.25, 0.3) is 0 Å². The minimum absolute atomic E-state index is 0.845. The fourth-order valence-electron chi connectivity index (χ4n) is 7.73. The summed E-state index contributed by atoms with van der Waals surface area (Å²) in [5, 5.41) is 5.73. The summed E-state index contributed by atoms with van der Waals surface area (Å²) >= 11 is 3.59. The SMILES string of the molecule is c1ccc(-c2ccc(N(c3ccc(-c4cccc5c4sc4ccccc45)cc3)c3ccc4oc5ccc6sc(-c7ccccc7)nc6c5c4c3)cc2)cc1. The monoisotopic (exact) mass is 726 g/mol. The molecule has 0 N–H and O–H groups in total. The van der Waals surface area contributed by atoms with Crippen LogP contribution in [0.15, 0.2) is 186 Å². The lowest BCUT2D eigenvalue weighted by molar-refractivity contribution is 0.669. The Morgan fingerprint density at radius 3 is 1.83 bits per heavy atom. The highest BCUT2D eigenvalue weighted by Gasteiger charge is 2.19. The largest absolute Gasteiger partial charge is 0.456 e. The van der Waals surface area contributed by atoms with Crippen LogP contribution in [0.1, 0.15) is 0 Å². The lowest BCUT2D eigenvalue weighted by Gasteiger charge is -2.26. The van der Waals surface area contributed by atoms with E-state index in [4.69, 9.17) is 9.40 Å². The third kappa shape index (κ3) is 5.12. The number of furan rings is 1. The van der Waals surface area contributed by atoms with E-state index in [1.54, 1.807) is 11.3 Å². The van der Waals surface area contributed by atoms with Crippen LogP contribution in [0.25, 0.3) is 85.2 Å². The van der Waals surface area contributed by atoms with Gasteiger partial charge in [-0.1, -0.05) is 121 Å². The summed E-state index contributed by atoms with van der Waals surface area (Å²) in [5.41, 5.74) is 11.8. The number of hydrogen-bond donors (Lipinski definition) is 0. The van der Waals surface area contributed by atoms with Gasteiger partial charge in [0.1, 0.15) is 16.2 Å². The number of benzene rings is 8. The molecule has 0 unspecified atom stereocenters. The molecule has 11 rings (SSSR count).